The van der Waals surface area contributed by atoms with Crippen molar-refractivity contribution < 1.29 is 14.6 Å². The number of nitrogens with zero attached hydrogens (tertiary/aromatic N) is 1. The SMILES string of the molecule is BO[N+](=O)OB.[KH]. The minimum absolute atomic E-state index is 0. The molecule has 4 nitrogen and oxygen atoms in total. The van der Waals surface area contributed by atoms with Crippen LogP contribution in [0.2, 0.25) is 0 Å². The first kappa shape index (κ1) is 10.9. The Bertz CT molecular complexity index is 50.9. The summed E-state index contributed by atoms with van der Waals surface area (Å²) in [5.41, 5.74) is 0. The summed E-state index contributed by atoms with van der Waals surface area (Å²) in [7, 11) is 2.44. The van der Waals surface area contributed by atoms with Gasteiger partial charge >= 0.3 is 72.6 Å². The van der Waals surface area contributed by atoms with E-state index in [1.54, 1.807) is 0 Å². The van der Waals surface area contributed by atoms with Crippen LogP contribution < -0.4 is 0 Å². The van der Waals surface area contributed by atoms with E-state index in [0.717, 1.165) is 0 Å². The average molecular weight is 128 g/mol. The van der Waals surface area contributed by atoms with Crippen molar-refractivity contribution in [2.24, 2.45) is 0 Å². The topological polar surface area (TPSA) is 38.5 Å². The number of hydrogen-bond acceptors (Lipinski definition) is 3. The zero-order chi connectivity index (χ0) is 4.99. The first-order valence-electron chi connectivity index (χ1n) is 1.36. The molecule has 0 saturated carbocycles. The summed E-state index contributed by atoms with van der Waals surface area (Å²) >= 11 is 0. The zero-order valence-corrected chi connectivity index (χ0v) is 3.67. The van der Waals surface area contributed by atoms with Gasteiger partial charge in [0.15, 0.2) is 0 Å². The molecule has 0 fully saturated rings. The summed E-state index contributed by atoms with van der Waals surface area (Å²) in [5.74, 6) is 0. The van der Waals surface area contributed by atoms with Gasteiger partial charge in [-0.05, 0) is 0 Å². The quantitative estimate of drug-likeness (QED) is 0.295. The van der Waals surface area contributed by atoms with E-state index >= 15 is 0 Å². The average Bonchev–Trinajstić information content (AvgIpc) is 1.65. The van der Waals surface area contributed by atoms with Crippen molar-refractivity contribution >= 4 is 67.5 Å². The second-order valence-electron chi connectivity index (χ2n) is 0.589. The van der Waals surface area contributed by atoms with Crippen LogP contribution in [0.1, 0.15) is 0 Å². The molecule has 0 aliphatic carbocycles. The van der Waals surface area contributed by atoms with Crippen molar-refractivity contribution in [2.45, 2.75) is 0 Å². The molecule has 0 aromatic heterocycles. The van der Waals surface area contributed by atoms with Crippen LogP contribution in [0.25, 0.3) is 0 Å². The van der Waals surface area contributed by atoms with Gasteiger partial charge in [-0.25, -0.2) is 0 Å². The summed E-state index contributed by atoms with van der Waals surface area (Å²) in [6.07, 6.45) is 0. The molecule has 0 aliphatic heterocycles. The van der Waals surface area contributed by atoms with Crippen LogP contribution in [0.4, 0.5) is 0 Å². The van der Waals surface area contributed by atoms with Gasteiger partial charge in [0.05, 0.1) is 0 Å². The molecule has 0 aliphatic rings. The van der Waals surface area contributed by atoms with Crippen LogP contribution in [-0.4, -0.2) is 72.6 Å². The van der Waals surface area contributed by atoms with Gasteiger partial charge in [-0.1, -0.05) is 0 Å². The fourth-order valence-corrected chi connectivity index (χ4v) is 0.0745. The van der Waals surface area contributed by atoms with E-state index in [2.05, 4.69) is 9.51 Å². The summed E-state index contributed by atoms with van der Waals surface area (Å²) in [5, 5.41) is 0. The first-order valence-corrected chi connectivity index (χ1v) is 1.36. The van der Waals surface area contributed by atoms with E-state index in [1.165, 1.54) is 16.1 Å². The van der Waals surface area contributed by atoms with Gasteiger partial charge in [-0.15, -0.1) is 0 Å². The van der Waals surface area contributed by atoms with Crippen molar-refractivity contribution in [3.63, 3.8) is 0 Å². The van der Waals surface area contributed by atoms with Gasteiger partial charge in [-0.2, -0.15) is 0 Å². The second-order valence-corrected chi connectivity index (χ2v) is 0.589. The van der Waals surface area contributed by atoms with Crippen LogP contribution >= 0.6 is 0 Å². The minimum atomic E-state index is 0. The van der Waals surface area contributed by atoms with Gasteiger partial charge in [0, 0.05) is 0 Å². The Morgan fingerprint density at radius 1 is 1.29 bits per heavy atom. The molecule has 0 spiro atoms. The molecule has 0 bridgehead atoms. The molecule has 0 amide bonds. The van der Waals surface area contributed by atoms with Crippen LogP contribution in [0.3, 0.4) is 0 Å². The molecule has 0 radical (unpaired) electrons. The van der Waals surface area contributed by atoms with Crippen molar-refractivity contribution in [1.29, 1.82) is 0 Å². The van der Waals surface area contributed by atoms with Crippen molar-refractivity contribution in [1.82, 2.24) is 0 Å². The van der Waals surface area contributed by atoms with Crippen molar-refractivity contribution in [2.75, 3.05) is 0 Å². The molecular weight excluding hydrogens is 123 g/mol. The number of hydrogen-bond donors (Lipinski definition) is 0. The van der Waals surface area contributed by atoms with E-state index in [4.69, 9.17) is 0 Å². The van der Waals surface area contributed by atoms with E-state index in [0.29, 0.717) is 0 Å². The molecular formula is H5B2KNO3+. The van der Waals surface area contributed by atoms with E-state index < -0.39 is 0 Å². The molecule has 0 aromatic rings. The Morgan fingerprint density at radius 3 is 1.57 bits per heavy atom. The first-order chi connectivity index (χ1) is 2.81. The zero-order valence-electron chi connectivity index (χ0n) is 3.67. The molecule has 34 valence electrons. The third-order valence-electron chi connectivity index (χ3n) is 0.298. The van der Waals surface area contributed by atoms with Crippen LogP contribution in [0.15, 0.2) is 0 Å². The van der Waals surface area contributed by atoms with Crippen molar-refractivity contribution in [3.8, 4) is 0 Å². The monoisotopic (exact) mass is 128 g/mol. The fraction of sp³-hybridized carbons (Fsp3) is 0. The Labute approximate surface area is 85.7 Å². The Morgan fingerprint density at radius 2 is 1.57 bits per heavy atom. The molecule has 0 rings (SSSR count). The van der Waals surface area contributed by atoms with E-state index in [1.807, 2.05) is 0 Å². The van der Waals surface area contributed by atoms with Gasteiger partial charge in [0.25, 0.3) is 0 Å². The van der Waals surface area contributed by atoms with Crippen LogP contribution in [-0.2, 0) is 9.51 Å². The summed E-state index contributed by atoms with van der Waals surface area (Å²) < 4.78 is 7.91. The van der Waals surface area contributed by atoms with Gasteiger partial charge in [0.1, 0.15) is 4.91 Å². The fourth-order valence-electron chi connectivity index (χ4n) is 0.0745. The summed E-state index contributed by atoms with van der Waals surface area (Å²) in [6, 6.07) is 0. The Kier molecular flexibility index (Phi) is 10.8. The van der Waals surface area contributed by atoms with E-state index in [9.17, 15) is 4.91 Å². The predicted molar refractivity (Wildman–Crippen MR) is 30.0 cm³/mol. The molecule has 0 atom stereocenters. The van der Waals surface area contributed by atoms with Crippen LogP contribution in [0, 0.1) is 4.91 Å². The number of rotatable bonds is 2. The van der Waals surface area contributed by atoms with Crippen LogP contribution in [0.5, 0.6) is 0 Å². The maximum atomic E-state index is 9.65. The molecule has 7 heavy (non-hydrogen) atoms. The Balaban J connectivity index is 0. The summed E-state index contributed by atoms with van der Waals surface area (Å²) in [6.45, 7) is 0. The molecule has 7 heteroatoms. The molecule has 0 heterocycles. The van der Waals surface area contributed by atoms with Crippen molar-refractivity contribution in [3.05, 3.63) is 4.91 Å². The predicted octanol–water partition coefficient (Wildman–Crippen LogP) is -2.92. The Hall–Kier alpha value is 0.966. The second kappa shape index (κ2) is 6.97. The molecule has 0 unspecified atom stereocenters. The summed E-state index contributed by atoms with van der Waals surface area (Å²) in [4.78, 5) is 9.65. The molecule has 0 aromatic carbocycles. The van der Waals surface area contributed by atoms with Gasteiger partial charge < -0.3 is 0 Å². The molecule has 0 N–H and O–H groups in total. The van der Waals surface area contributed by atoms with Gasteiger partial charge in [-0.3, -0.25) is 9.51 Å². The standard InChI is InChI=1S/B2H4NO3.K.H/c1-5-3(4)6-2;;/h1-2H2;;/q+1;;. The van der Waals surface area contributed by atoms with E-state index in [-0.39, 0.29) is 56.5 Å². The maximum absolute atomic E-state index is 9.65. The van der Waals surface area contributed by atoms with Gasteiger partial charge in [0.2, 0.25) is 0 Å². The third kappa shape index (κ3) is 6.97. The third-order valence-corrected chi connectivity index (χ3v) is 0.298. The normalized spacial score (nSPS) is 5.71. The molecule has 0 saturated heterocycles.